The minimum atomic E-state index is -0.363. The highest BCUT2D eigenvalue weighted by Crippen LogP contribution is 2.27. The third kappa shape index (κ3) is 2.83. The van der Waals surface area contributed by atoms with Gasteiger partial charge in [0.15, 0.2) is 0 Å². The molecule has 0 aliphatic heterocycles. The van der Waals surface area contributed by atoms with E-state index < -0.39 is 0 Å². The van der Waals surface area contributed by atoms with Crippen LogP contribution in [0.5, 0.6) is 0 Å². The number of rotatable bonds is 2. The summed E-state index contributed by atoms with van der Waals surface area (Å²) < 4.78 is 0.682. The van der Waals surface area contributed by atoms with Crippen LogP contribution in [0, 0.1) is 0 Å². The highest BCUT2D eigenvalue weighted by Gasteiger charge is 2.15. The Balaban J connectivity index is 2.31. The number of nitrogens with one attached hydrogen (secondary N) is 1. The lowest BCUT2D eigenvalue weighted by Crippen LogP contribution is -2.13. The van der Waals surface area contributed by atoms with Crippen molar-refractivity contribution in [3.05, 3.63) is 56.7 Å². The fourth-order valence-electron chi connectivity index (χ4n) is 1.38. The first kappa shape index (κ1) is 13.3. The number of carbonyl (C=O) groups is 1. The smallest absolute Gasteiger partial charge is 0.258 e. The van der Waals surface area contributed by atoms with Crippen LogP contribution in [0.1, 0.15) is 10.4 Å². The molecule has 92 valence electrons. The lowest BCUT2D eigenvalue weighted by atomic mass is 10.2. The highest BCUT2D eigenvalue weighted by molar-refractivity contribution is 9.10. The van der Waals surface area contributed by atoms with Crippen molar-refractivity contribution in [1.82, 2.24) is 4.98 Å². The van der Waals surface area contributed by atoms with E-state index in [9.17, 15) is 4.79 Å². The van der Waals surface area contributed by atoms with E-state index in [4.69, 9.17) is 23.2 Å². The van der Waals surface area contributed by atoms with Crippen molar-refractivity contribution in [3.8, 4) is 0 Å². The Morgan fingerprint density at radius 1 is 1.22 bits per heavy atom. The Labute approximate surface area is 122 Å². The van der Waals surface area contributed by atoms with Crippen molar-refractivity contribution < 1.29 is 4.79 Å². The van der Waals surface area contributed by atoms with Gasteiger partial charge in [-0.05, 0) is 34.1 Å². The Morgan fingerprint density at radius 2 is 1.89 bits per heavy atom. The molecule has 2 aromatic rings. The molecule has 0 atom stereocenters. The topological polar surface area (TPSA) is 42.0 Å². The van der Waals surface area contributed by atoms with Crippen molar-refractivity contribution in [1.29, 1.82) is 0 Å². The maximum Gasteiger partial charge on any atom is 0.258 e. The maximum absolute atomic E-state index is 12.1. The second kappa shape index (κ2) is 5.69. The van der Waals surface area contributed by atoms with Crippen LogP contribution in [0.3, 0.4) is 0 Å². The number of halogens is 3. The first-order valence-electron chi connectivity index (χ1n) is 4.94. The normalized spacial score (nSPS) is 10.2. The number of anilines is 1. The van der Waals surface area contributed by atoms with E-state index in [0.29, 0.717) is 20.2 Å². The van der Waals surface area contributed by atoms with E-state index in [0.717, 1.165) is 0 Å². The summed E-state index contributed by atoms with van der Waals surface area (Å²) in [6.07, 6.45) is 3.17. The summed E-state index contributed by atoms with van der Waals surface area (Å²) in [5.41, 5.74) is 0.857. The number of amides is 1. The van der Waals surface area contributed by atoms with Crippen LogP contribution in [0.15, 0.2) is 41.1 Å². The highest BCUT2D eigenvalue weighted by atomic mass is 79.9. The molecule has 1 aromatic heterocycles. The maximum atomic E-state index is 12.1. The van der Waals surface area contributed by atoms with E-state index in [1.807, 2.05) is 0 Å². The van der Waals surface area contributed by atoms with Crippen LogP contribution in [0.25, 0.3) is 0 Å². The number of hydrogen-bond acceptors (Lipinski definition) is 2. The van der Waals surface area contributed by atoms with E-state index in [1.165, 1.54) is 0 Å². The van der Waals surface area contributed by atoms with Crippen LogP contribution >= 0.6 is 39.1 Å². The number of benzene rings is 1. The summed E-state index contributed by atoms with van der Waals surface area (Å²) in [5.74, 6) is -0.363. The van der Waals surface area contributed by atoms with E-state index >= 15 is 0 Å². The van der Waals surface area contributed by atoms with E-state index in [1.54, 1.807) is 36.7 Å². The molecule has 0 spiro atoms. The Hall–Kier alpha value is -1.10. The molecule has 0 aliphatic rings. The molecule has 0 radical (unpaired) electrons. The van der Waals surface area contributed by atoms with Gasteiger partial charge >= 0.3 is 0 Å². The minimum absolute atomic E-state index is 0.254. The summed E-state index contributed by atoms with van der Waals surface area (Å²) in [5, 5.41) is 3.33. The van der Waals surface area contributed by atoms with Crippen LogP contribution in [0.2, 0.25) is 10.0 Å². The predicted molar refractivity (Wildman–Crippen MR) is 76.4 cm³/mol. The molecule has 18 heavy (non-hydrogen) atoms. The monoisotopic (exact) mass is 344 g/mol. The SMILES string of the molecule is O=C(Nc1ccncc1Br)c1c(Cl)cccc1Cl. The molecule has 0 aliphatic carbocycles. The number of pyridine rings is 1. The third-order valence-electron chi connectivity index (χ3n) is 2.21. The van der Waals surface area contributed by atoms with Gasteiger partial charge in [-0.1, -0.05) is 29.3 Å². The first-order valence-corrected chi connectivity index (χ1v) is 6.49. The lowest BCUT2D eigenvalue weighted by Gasteiger charge is -2.09. The van der Waals surface area contributed by atoms with Gasteiger partial charge in [0.05, 0.1) is 25.8 Å². The van der Waals surface area contributed by atoms with Gasteiger partial charge in [-0.3, -0.25) is 9.78 Å². The molecule has 6 heteroatoms. The Kier molecular flexibility index (Phi) is 4.22. The van der Waals surface area contributed by atoms with Crippen molar-refractivity contribution >= 4 is 50.7 Å². The molecule has 0 unspecified atom stereocenters. The number of nitrogens with zero attached hydrogens (tertiary/aromatic N) is 1. The summed E-state index contributed by atoms with van der Waals surface area (Å²) in [4.78, 5) is 16.0. The van der Waals surface area contributed by atoms with Crippen LogP contribution in [-0.4, -0.2) is 10.9 Å². The zero-order valence-electron chi connectivity index (χ0n) is 8.95. The van der Waals surface area contributed by atoms with Gasteiger partial charge in [-0.15, -0.1) is 0 Å². The molecular weight excluding hydrogens is 339 g/mol. The van der Waals surface area contributed by atoms with Crippen LogP contribution in [0.4, 0.5) is 5.69 Å². The van der Waals surface area contributed by atoms with Gasteiger partial charge in [0.1, 0.15) is 0 Å². The summed E-state index contributed by atoms with van der Waals surface area (Å²) in [6.45, 7) is 0. The molecule has 3 nitrogen and oxygen atoms in total. The average Bonchev–Trinajstić information content (AvgIpc) is 2.32. The predicted octanol–water partition coefficient (Wildman–Crippen LogP) is 4.40. The Bertz CT molecular complexity index is 584. The molecule has 1 N–H and O–H groups in total. The van der Waals surface area contributed by atoms with Crippen LogP contribution < -0.4 is 5.32 Å². The van der Waals surface area contributed by atoms with Crippen molar-refractivity contribution in [2.24, 2.45) is 0 Å². The molecule has 0 saturated heterocycles. The van der Waals surface area contributed by atoms with Gasteiger partial charge in [-0.25, -0.2) is 0 Å². The molecule has 1 aromatic carbocycles. The number of hydrogen-bond donors (Lipinski definition) is 1. The second-order valence-corrected chi connectivity index (χ2v) is 5.08. The molecule has 0 fully saturated rings. The zero-order valence-corrected chi connectivity index (χ0v) is 12.1. The zero-order chi connectivity index (χ0) is 13.1. The average molecular weight is 346 g/mol. The first-order chi connectivity index (χ1) is 8.59. The van der Waals surface area contributed by atoms with Gasteiger partial charge in [0.2, 0.25) is 0 Å². The van der Waals surface area contributed by atoms with E-state index in [2.05, 4.69) is 26.2 Å². The van der Waals surface area contributed by atoms with Gasteiger partial charge in [0, 0.05) is 12.4 Å². The van der Waals surface area contributed by atoms with Crippen molar-refractivity contribution in [2.45, 2.75) is 0 Å². The summed E-state index contributed by atoms with van der Waals surface area (Å²) in [6, 6.07) is 6.59. The lowest BCUT2D eigenvalue weighted by molar-refractivity contribution is 0.102. The largest absolute Gasteiger partial charge is 0.321 e. The molecule has 1 heterocycles. The minimum Gasteiger partial charge on any atom is -0.321 e. The summed E-state index contributed by atoms with van der Waals surface area (Å²) in [7, 11) is 0. The van der Waals surface area contributed by atoms with E-state index in [-0.39, 0.29) is 11.5 Å². The molecule has 0 saturated carbocycles. The van der Waals surface area contributed by atoms with Gasteiger partial charge < -0.3 is 5.32 Å². The van der Waals surface area contributed by atoms with Gasteiger partial charge in [0.25, 0.3) is 5.91 Å². The standard InChI is InChI=1S/C12H7BrCl2N2O/c13-7-6-16-5-4-10(7)17-12(18)11-8(14)2-1-3-9(11)15/h1-6H,(H,16,17,18). The van der Waals surface area contributed by atoms with Crippen molar-refractivity contribution in [3.63, 3.8) is 0 Å². The molecule has 0 bridgehead atoms. The number of aromatic nitrogens is 1. The quantitative estimate of drug-likeness (QED) is 0.876. The summed E-state index contributed by atoms with van der Waals surface area (Å²) >= 11 is 15.2. The van der Waals surface area contributed by atoms with Gasteiger partial charge in [-0.2, -0.15) is 0 Å². The molecule has 2 rings (SSSR count). The fraction of sp³-hybridized carbons (Fsp3) is 0. The third-order valence-corrected chi connectivity index (χ3v) is 3.47. The number of carbonyl (C=O) groups excluding carboxylic acids is 1. The fourth-order valence-corrected chi connectivity index (χ4v) is 2.29. The Morgan fingerprint density at radius 3 is 2.50 bits per heavy atom. The second-order valence-electron chi connectivity index (χ2n) is 3.41. The molecule has 1 amide bonds. The molecular formula is C12H7BrCl2N2O. The van der Waals surface area contributed by atoms with Crippen LogP contribution in [-0.2, 0) is 0 Å². The van der Waals surface area contributed by atoms with Crippen molar-refractivity contribution in [2.75, 3.05) is 5.32 Å².